The number of aromatic nitrogens is 2. The van der Waals surface area contributed by atoms with Crippen molar-refractivity contribution in [1.82, 2.24) is 9.55 Å². The number of rotatable bonds is 6. The molecule has 0 spiro atoms. The van der Waals surface area contributed by atoms with Crippen LogP contribution in [0.15, 0.2) is 109 Å². The van der Waals surface area contributed by atoms with Crippen LogP contribution in [-0.2, 0) is 23.3 Å². The Hall–Kier alpha value is -4.18. The Morgan fingerprint density at radius 1 is 0.778 bits per heavy atom. The summed E-state index contributed by atoms with van der Waals surface area (Å²) in [7, 11) is 0. The number of carbonyl (C=O) groups is 1. The molecule has 0 aliphatic heterocycles. The summed E-state index contributed by atoms with van der Waals surface area (Å²) in [6, 6.07) is 36.5. The second kappa shape index (κ2) is 9.82. The van der Waals surface area contributed by atoms with E-state index in [9.17, 15) is 4.79 Å². The zero-order valence-corrected chi connectivity index (χ0v) is 21.1. The number of benzene rings is 4. The molecule has 180 valence electrons. The Morgan fingerprint density at radius 3 is 2.06 bits per heavy atom. The molecule has 0 saturated heterocycles. The molecule has 0 saturated carbocycles. The highest BCUT2D eigenvalue weighted by atomic mass is 16.2. The molecule has 0 N–H and O–H groups in total. The highest BCUT2D eigenvalue weighted by Crippen LogP contribution is 2.29. The van der Waals surface area contributed by atoms with Gasteiger partial charge in [-0.25, -0.2) is 4.98 Å². The van der Waals surface area contributed by atoms with Crippen LogP contribution < -0.4 is 4.90 Å². The molecule has 0 bridgehead atoms. The second-order valence-electron chi connectivity index (χ2n) is 10.1. The smallest absolute Gasteiger partial charge is 0.247 e. The van der Waals surface area contributed by atoms with Gasteiger partial charge >= 0.3 is 0 Å². The lowest BCUT2D eigenvalue weighted by molar-refractivity contribution is -0.119. The van der Waals surface area contributed by atoms with Gasteiger partial charge < -0.3 is 9.47 Å². The lowest BCUT2D eigenvalue weighted by Crippen LogP contribution is -2.33. The van der Waals surface area contributed by atoms with Gasteiger partial charge in [-0.15, -0.1) is 0 Å². The van der Waals surface area contributed by atoms with E-state index in [4.69, 9.17) is 4.98 Å². The molecular formula is C32H31N3O. The molecule has 4 aromatic carbocycles. The monoisotopic (exact) mass is 473 g/mol. The molecule has 0 radical (unpaired) electrons. The first-order valence-electron chi connectivity index (χ1n) is 12.4. The van der Waals surface area contributed by atoms with Gasteiger partial charge in [0.2, 0.25) is 5.91 Å². The number of hydrogen-bond donors (Lipinski definition) is 0. The topological polar surface area (TPSA) is 38.1 Å². The summed E-state index contributed by atoms with van der Waals surface area (Å²) >= 11 is 0. The number of hydrogen-bond acceptors (Lipinski definition) is 2. The number of anilines is 1. The van der Waals surface area contributed by atoms with E-state index in [1.165, 1.54) is 5.56 Å². The van der Waals surface area contributed by atoms with Crippen LogP contribution in [0.25, 0.3) is 22.4 Å². The van der Waals surface area contributed by atoms with Crippen molar-refractivity contribution < 1.29 is 4.79 Å². The van der Waals surface area contributed by atoms with E-state index in [2.05, 4.69) is 57.2 Å². The minimum atomic E-state index is 0.0146. The largest absolute Gasteiger partial charge is 0.314 e. The zero-order chi connectivity index (χ0) is 25.1. The van der Waals surface area contributed by atoms with Crippen LogP contribution in [0.5, 0.6) is 0 Å². The fourth-order valence-electron chi connectivity index (χ4n) is 4.49. The SMILES string of the molecule is CC(C)(C)c1ccc(-c2nc3ccccc3n2CC(=O)N(Cc2ccccc2)c2ccccc2)cc1. The van der Waals surface area contributed by atoms with Crippen LogP contribution >= 0.6 is 0 Å². The Morgan fingerprint density at radius 2 is 1.39 bits per heavy atom. The average molecular weight is 474 g/mol. The first-order valence-corrected chi connectivity index (χ1v) is 12.4. The minimum absolute atomic E-state index is 0.0146. The number of para-hydroxylation sites is 3. The van der Waals surface area contributed by atoms with Crippen molar-refractivity contribution in [3.63, 3.8) is 0 Å². The molecule has 5 rings (SSSR count). The number of imidazole rings is 1. The molecule has 0 unspecified atom stereocenters. The van der Waals surface area contributed by atoms with Gasteiger partial charge in [-0.05, 0) is 40.8 Å². The van der Waals surface area contributed by atoms with Gasteiger partial charge in [0.05, 0.1) is 17.6 Å². The summed E-state index contributed by atoms with van der Waals surface area (Å²) in [5.41, 5.74) is 6.14. The normalized spacial score (nSPS) is 11.5. The molecule has 0 aliphatic carbocycles. The lowest BCUT2D eigenvalue weighted by Gasteiger charge is -2.24. The Kier molecular flexibility index (Phi) is 6.43. The third-order valence-electron chi connectivity index (χ3n) is 6.51. The first kappa shape index (κ1) is 23.6. The van der Waals surface area contributed by atoms with E-state index < -0.39 is 0 Å². The van der Waals surface area contributed by atoms with Gasteiger partial charge in [0.1, 0.15) is 12.4 Å². The highest BCUT2D eigenvalue weighted by Gasteiger charge is 2.21. The Balaban J connectivity index is 1.54. The van der Waals surface area contributed by atoms with Crippen molar-refractivity contribution in [2.75, 3.05) is 4.90 Å². The van der Waals surface area contributed by atoms with E-state index in [1.807, 2.05) is 82.3 Å². The maximum atomic E-state index is 13.9. The number of fused-ring (bicyclic) bond motifs is 1. The second-order valence-corrected chi connectivity index (χ2v) is 10.1. The molecule has 4 heteroatoms. The van der Waals surface area contributed by atoms with E-state index in [-0.39, 0.29) is 17.9 Å². The van der Waals surface area contributed by atoms with Crippen LogP contribution in [0.2, 0.25) is 0 Å². The molecule has 0 aliphatic rings. The summed E-state index contributed by atoms with van der Waals surface area (Å²) in [6.07, 6.45) is 0. The number of amides is 1. The predicted octanol–water partition coefficient (Wildman–Crippen LogP) is 7.23. The van der Waals surface area contributed by atoms with Crippen molar-refractivity contribution >= 4 is 22.6 Å². The standard InChI is InChI=1S/C32H31N3O/c1-32(2,3)26-20-18-25(19-21-26)31-33-28-16-10-11-17-29(28)35(31)23-30(36)34(27-14-8-5-9-15-27)22-24-12-6-4-7-13-24/h4-21H,22-23H2,1-3H3. The first-order chi connectivity index (χ1) is 17.4. The van der Waals surface area contributed by atoms with E-state index in [0.29, 0.717) is 6.54 Å². The summed E-state index contributed by atoms with van der Waals surface area (Å²) in [6.45, 7) is 7.33. The van der Waals surface area contributed by atoms with Gasteiger partial charge in [-0.1, -0.05) is 106 Å². The maximum Gasteiger partial charge on any atom is 0.247 e. The fraction of sp³-hybridized carbons (Fsp3) is 0.188. The fourth-order valence-corrected chi connectivity index (χ4v) is 4.49. The van der Waals surface area contributed by atoms with Crippen molar-refractivity contribution in [2.45, 2.75) is 39.3 Å². The van der Waals surface area contributed by atoms with Crippen LogP contribution in [0.4, 0.5) is 5.69 Å². The molecule has 0 atom stereocenters. The number of carbonyl (C=O) groups excluding carboxylic acids is 1. The van der Waals surface area contributed by atoms with Crippen LogP contribution in [0, 0.1) is 0 Å². The van der Waals surface area contributed by atoms with Gasteiger partial charge in [-0.3, -0.25) is 4.79 Å². The van der Waals surface area contributed by atoms with Crippen LogP contribution in [0.1, 0.15) is 31.9 Å². The summed E-state index contributed by atoms with van der Waals surface area (Å²) in [4.78, 5) is 20.7. The highest BCUT2D eigenvalue weighted by molar-refractivity contribution is 5.94. The van der Waals surface area contributed by atoms with E-state index >= 15 is 0 Å². The third-order valence-corrected chi connectivity index (χ3v) is 6.51. The van der Waals surface area contributed by atoms with Gasteiger partial charge in [-0.2, -0.15) is 0 Å². The summed E-state index contributed by atoms with van der Waals surface area (Å²) in [5.74, 6) is 0.818. The van der Waals surface area contributed by atoms with Gasteiger partial charge in [0.15, 0.2) is 0 Å². The van der Waals surface area contributed by atoms with Gasteiger partial charge in [0, 0.05) is 11.3 Å². The van der Waals surface area contributed by atoms with Gasteiger partial charge in [0.25, 0.3) is 0 Å². The van der Waals surface area contributed by atoms with E-state index in [0.717, 1.165) is 33.7 Å². The third kappa shape index (κ3) is 4.94. The zero-order valence-electron chi connectivity index (χ0n) is 21.1. The summed E-state index contributed by atoms with van der Waals surface area (Å²) in [5, 5.41) is 0. The Bertz CT molecular complexity index is 1460. The molecule has 4 nitrogen and oxygen atoms in total. The van der Waals surface area contributed by atoms with Crippen molar-refractivity contribution in [1.29, 1.82) is 0 Å². The predicted molar refractivity (Wildman–Crippen MR) is 148 cm³/mol. The van der Waals surface area contributed by atoms with Crippen LogP contribution in [0.3, 0.4) is 0 Å². The minimum Gasteiger partial charge on any atom is -0.314 e. The quantitative estimate of drug-likeness (QED) is 0.261. The van der Waals surface area contributed by atoms with Crippen molar-refractivity contribution in [3.8, 4) is 11.4 Å². The molecule has 1 aromatic heterocycles. The van der Waals surface area contributed by atoms with Crippen molar-refractivity contribution in [3.05, 3.63) is 120 Å². The van der Waals surface area contributed by atoms with E-state index in [1.54, 1.807) is 0 Å². The van der Waals surface area contributed by atoms with Crippen LogP contribution in [-0.4, -0.2) is 15.5 Å². The number of nitrogens with zero attached hydrogens (tertiary/aromatic N) is 3. The molecular weight excluding hydrogens is 442 g/mol. The maximum absolute atomic E-state index is 13.9. The Labute approximate surface area is 212 Å². The molecule has 1 amide bonds. The molecule has 1 heterocycles. The van der Waals surface area contributed by atoms with Crippen molar-refractivity contribution in [2.24, 2.45) is 0 Å². The molecule has 5 aromatic rings. The molecule has 0 fully saturated rings. The average Bonchev–Trinajstić information content (AvgIpc) is 3.26. The summed E-state index contributed by atoms with van der Waals surface area (Å²) < 4.78 is 2.05. The lowest BCUT2D eigenvalue weighted by atomic mass is 9.87. The molecule has 36 heavy (non-hydrogen) atoms.